The summed E-state index contributed by atoms with van der Waals surface area (Å²) in [4.78, 5) is 19.0. The van der Waals surface area contributed by atoms with Crippen LogP contribution in [0.4, 0.5) is 4.79 Å². The van der Waals surface area contributed by atoms with E-state index in [1.165, 1.54) is 0 Å². The van der Waals surface area contributed by atoms with Crippen LogP contribution in [-0.4, -0.2) is 32.7 Å². The smallest absolute Gasteiger partial charge is 0.318 e. The minimum Gasteiger partial charge on any atom is -0.329 e. The summed E-state index contributed by atoms with van der Waals surface area (Å²) in [6.45, 7) is 2.85. The molecule has 1 saturated heterocycles. The molecular weight excluding hydrogens is 298 g/mol. The van der Waals surface area contributed by atoms with E-state index >= 15 is 0 Å². The summed E-state index contributed by atoms with van der Waals surface area (Å²) >= 11 is 1.58. The predicted octanol–water partition coefficient (Wildman–Crippen LogP) is 3.25. The summed E-state index contributed by atoms with van der Waals surface area (Å²) in [5.41, 5.74) is 1.08. The minimum atomic E-state index is -0.0144. The SMILES string of the molecule is CC[C@H](NC(=O)N1CCCC[C@@H]1c1cn[nH]c1)c1nccs1. The average molecular weight is 319 g/mol. The van der Waals surface area contributed by atoms with Gasteiger partial charge in [-0.1, -0.05) is 6.92 Å². The standard InChI is InChI=1S/C15H21N5OS/c1-2-12(14-16-6-8-22-14)19-15(21)20-7-4-3-5-13(20)11-9-17-18-10-11/h6,8-10,12-13H,2-5,7H2,1H3,(H,17,18)(H,19,21)/t12-,13+/m0/s1. The summed E-state index contributed by atoms with van der Waals surface area (Å²) in [6.07, 6.45) is 9.50. The zero-order valence-corrected chi connectivity index (χ0v) is 13.5. The number of piperidine rings is 1. The molecule has 2 N–H and O–H groups in total. The fourth-order valence-corrected chi connectivity index (χ4v) is 3.71. The van der Waals surface area contributed by atoms with Gasteiger partial charge in [0.1, 0.15) is 5.01 Å². The first kappa shape index (κ1) is 15.0. The lowest BCUT2D eigenvalue weighted by Crippen LogP contribution is -2.45. The maximum absolute atomic E-state index is 12.7. The van der Waals surface area contributed by atoms with E-state index in [9.17, 15) is 4.79 Å². The lowest BCUT2D eigenvalue weighted by Gasteiger charge is -2.36. The summed E-state index contributed by atoms with van der Waals surface area (Å²) in [6, 6.07) is 0.0914. The molecule has 0 aliphatic carbocycles. The third kappa shape index (κ3) is 3.14. The first-order valence-electron chi connectivity index (χ1n) is 7.74. The van der Waals surface area contributed by atoms with Crippen LogP contribution in [0.25, 0.3) is 0 Å². The number of aromatic nitrogens is 3. The summed E-state index contributed by atoms with van der Waals surface area (Å²) < 4.78 is 0. The van der Waals surface area contributed by atoms with Crippen LogP contribution in [-0.2, 0) is 0 Å². The van der Waals surface area contributed by atoms with Crippen LogP contribution in [0.3, 0.4) is 0 Å². The Bertz CT molecular complexity index is 583. The molecule has 2 atom stereocenters. The first-order chi connectivity index (χ1) is 10.8. The topological polar surface area (TPSA) is 73.9 Å². The van der Waals surface area contributed by atoms with E-state index in [0.29, 0.717) is 0 Å². The highest BCUT2D eigenvalue weighted by Crippen LogP contribution is 2.31. The Hall–Kier alpha value is -1.89. The Morgan fingerprint density at radius 2 is 2.50 bits per heavy atom. The highest BCUT2D eigenvalue weighted by atomic mass is 32.1. The van der Waals surface area contributed by atoms with Crippen molar-refractivity contribution < 1.29 is 4.79 Å². The summed E-state index contributed by atoms with van der Waals surface area (Å²) in [7, 11) is 0. The molecule has 2 amide bonds. The third-order valence-electron chi connectivity index (χ3n) is 4.12. The second kappa shape index (κ2) is 6.91. The molecule has 22 heavy (non-hydrogen) atoms. The van der Waals surface area contributed by atoms with Crippen molar-refractivity contribution in [3.8, 4) is 0 Å². The largest absolute Gasteiger partial charge is 0.329 e. The molecule has 6 nitrogen and oxygen atoms in total. The quantitative estimate of drug-likeness (QED) is 0.908. The van der Waals surface area contributed by atoms with Crippen molar-refractivity contribution in [1.29, 1.82) is 0 Å². The zero-order valence-electron chi connectivity index (χ0n) is 12.7. The molecule has 0 radical (unpaired) electrons. The number of rotatable bonds is 4. The molecule has 0 spiro atoms. The molecule has 2 aromatic rings. The number of hydrogen-bond donors (Lipinski definition) is 2. The van der Waals surface area contributed by atoms with Crippen molar-refractivity contribution in [2.24, 2.45) is 0 Å². The Morgan fingerprint density at radius 3 is 3.18 bits per heavy atom. The minimum absolute atomic E-state index is 0.00653. The van der Waals surface area contributed by atoms with Gasteiger partial charge in [-0.2, -0.15) is 5.10 Å². The van der Waals surface area contributed by atoms with Gasteiger partial charge in [0, 0.05) is 29.9 Å². The van der Waals surface area contributed by atoms with E-state index in [-0.39, 0.29) is 18.1 Å². The first-order valence-corrected chi connectivity index (χ1v) is 8.62. The van der Waals surface area contributed by atoms with Crippen LogP contribution in [0.2, 0.25) is 0 Å². The number of amides is 2. The molecule has 118 valence electrons. The number of hydrogen-bond acceptors (Lipinski definition) is 4. The van der Waals surface area contributed by atoms with Gasteiger partial charge in [0.2, 0.25) is 0 Å². The number of nitrogens with one attached hydrogen (secondary N) is 2. The van der Waals surface area contributed by atoms with Gasteiger partial charge in [-0.25, -0.2) is 9.78 Å². The maximum Gasteiger partial charge on any atom is 0.318 e. The number of aromatic amines is 1. The van der Waals surface area contributed by atoms with Crippen molar-refractivity contribution in [1.82, 2.24) is 25.4 Å². The van der Waals surface area contributed by atoms with Crippen molar-refractivity contribution >= 4 is 17.4 Å². The van der Waals surface area contributed by atoms with Gasteiger partial charge in [-0.3, -0.25) is 5.10 Å². The van der Waals surface area contributed by atoms with Crippen LogP contribution in [0.15, 0.2) is 24.0 Å². The highest BCUT2D eigenvalue weighted by Gasteiger charge is 2.30. The van der Waals surface area contributed by atoms with Gasteiger partial charge in [0.15, 0.2) is 0 Å². The number of carbonyl (C=O) groups excluding carboxylic acids is 1. The molecule has 0 unspecified atom stereocenters. The van der Waals surface area contributed by atoms with E-state index in [1.807, 2.05) is 22.7 Å². The molecule has 2 aromatic heterocycles. The van der Waals surface area contributed by atoms with E-state index in [0.717, 1.165) is 42.8 Å². The second-order valence-corrected chi connectivity index (χ2v) is 6.44. The number of likely N-dealkylation sites (tertiary alicyclic amines) is 1. The predicted molar refractivity (Wildman–Crippen MR) is 85.6 cm³/mol. The van der Waals surface area contributed by atoms with Crippen molar-refractivity contribution in [3.63, 3.8) is 0 Å². The lowest BCUT2D eigenvalue weighted by atomic mass is 9.98. The fraction of sp³-hybridized carbons (Fsp3) is 0.533. The number of thiazole rings is 1. The van der Waals surface area contributed by atoms with Crippen LogP contribution in [0, 0.1) is 0 Å². The Morgan fingerprint density at radius 1 is 1.59 bits per heavy atom. The van der Waals surface area contributed by atoms with Gasteiger partial charge in [0.25, 0.3) is 0 Å². The Labute approximate surface area is 133 Å². The van der Waals surface area contributed by atoms with E-state index < -0.39 is 0 Å². The van der Waals surface area contributed by atoms with Gasteiger partial charge >= 0.3 is 6.03 Å². The zero-order chi connectivity index (χ0) is 15.4. The number of urea groups is 1. The summed E-state index contributed by atoms with van der Waals surface area (Å²) in [5.74, 6) is 0. The van der Waals surface area contributed by atoms with E-state index in [2.05, 4.69) is 27.4 Å². The molecular formula is C15H21N5OS. The normalized spacial score (nSPS) is 19.9. The molecule has 7 heteroatoms. The van der Waals surface area contributed by atoms with Crippen LogP contribution < -0.4 is 5.32 Å². The maximum atomic E-state index is 12.7. The molecule has 3 heterocycles. The number of H-pyrrole nitrogens is 1. The third-order valence-corrected chi connectivity index (χ3v) is 5.01. The van der Waals surface area contributed by atoms with Gasteiger partial charge in [0.05, 0.1) is 18.3 Å². The van der Waals surface area contributed by atoms with Crippen molar-refractivity contribution in [2.75, 3.05) is 6.54 Å². The monoisotopic (exact) mass is 319 g/mol. The molecule has 1 fully saturated rings. The van der Waals surface area contributed by atoms with Crippen LogP contribution in [0.1, 0.15) is 55.3 Å². The van der Waals surface area contributed by atoms with Crippen LogP contribution in [0.5, 0.6) is 0 Å². The van der Waals surface area contributed by atoms with Gasteiger partial charge in [-0.15, -0.1) is 11.3 Å². The van der Waals surface area contributed by atoms with Crippen molar-refractivity contribution in [3.05, 3.63) is 34.5 Å². The van der Waals surface area contributed by atoms with Gasteiger partial charge < -0.3 is 10.2 Å². The van der Waals surface area contributed by atoms with Gasteiger partial charge in [-0.05, 0) is 25.7 Å². The Balaban J connectivity index is 1.72. The average Bonchev–Trinajstić information content (AvgIpc) is 3.25. The molecule has 0 bridgehead atoms. The molecule has 0 aromatic carbocycles. The summed E-state index contributed by atoms with van der Waals surface area (Å²) in [5, 5.41) is 12.9. The molecule has 1 aliphatic rings. The molecule has 1 aliphatic heterocycles. The molecule has 0 saturated carbocycles. The Kier molecular flexibility index (Phi) is 4.72. The fourth-order valence-electron chi connectivity index (χ4n) is 2.94. The highest BCUT2D eigenvalue weighted by molar-refractivity contribution is 7.09. The van der Waals surface area contributed by atoms with E-state index in [4.69, 9.17) is 0 Å². The molecule has 3 rings (SSSR count). The van der Waals surface area contributed by atoms with E-state index in [1.54, 1.807) is 17.5 Å². The van der Waals surface area contributed by atoms with Crippen molar-refractivity contribution in [2.45, 2.75) is 44.7 Å². The second-order valence-electron chi connectivity index (χ2n) is 5.52. The van der Waals surface area contributed by atoms with Crippen LogP contribution >= 0.6 is 11.3 Å². The lowest BCUT2D eigenvalue weighted by molar-refractivity contribution is 0.148. The number of nitrogens with zero attached hydrogens (tertiary/aromatic N) is 3. The number of carbonyl (C=O) groups is 1.